The van der Waals surface area contributed by atoms with Crippen LogP contribution in [0, 0.1) is 0 Å². The number of likely N-dealkylation sites (tertiary alicyclic amines) is 1. The van der Waals surface area contributed by atoms with Crippen molar-refractivity contribution in [3.63, 3.8) is 0 Å². The third-order valence-corrected chi connectivity index (χ3v) is 5.59. The average Bonchev–Trinajstić information content (AvgIpc) is 3.43. The monoisotopic (exact) mass is 360 g/mol. The number of nitrogens with zero attached hydrogens (tertiary/aromatic N) is 2. The van der Waals surface area contributed by atoms with Crippen LogP contribution >= 0.6 is 0 Å². The molecule has 1 N–H and O–H groups in total. The number of carboxylic acid groups (broad SMARTS) is 1. The smallest absolute Gasteiger partial charge is 0.413 e. The molecule has 0 radical (unpaired) electrons. The van der Waals surface area contributed by atoms with Gasteiger partial charge in [-0.3, -0.25) is 4.90 Å². The molecule has 1 spiro atoms. The molecule has 2 heterocycles. The lowest BCUT2D eigenvalue weighted by Gasteiger charge is -2.43. The molecule has 1 aromatic carbocycles. The fraction of sp³-hybridized carbons (Fsp3) is 0.579. The molecule has 0 aromatic heterocycles. The summed E-state index contributed by atoms with van der Waals surface area (Å²) >= 11 is 0. The van der Waals surface area contributed by atoms with Gasteiger partial charge >= 0.3 is 12.1 Å². The highest BCUT2D eigenvalue weighted by Crippen LogP contribution is 2.40. The second-order valence-electron chi connectivity index (χ2n) is 7.29. The number of carbonyl (C=O) groups excluding carboxylic acids is 1. The van der Waals surface area contributed by atoms with E-state index in [9.17, 15) is 14.7 Å². The van der Waals surface area contributed by atoms with Crippen LogP contribution in [-0.2, 0) is 20.9 Å². The summed E-state index contributed by atoms with van der Waals surface area (Å²) in [6.07, 6.45) is 3.09. The van der Waals surface area contributed by atoms with E-state index in [1.54, 1.807) is 0 Å². The highest BCUT2D eigenvalue weighted by Gasteiger charge is 2.55. The molecule has 26 heavy (non-hydrogen) atoms. The highest BCUT2D eigenvalue weighted by molar-refractivity contribution is 5.81. The number of hydrogen-bond acceptors (Lipinski definition) is 5. The van der Waals surface area contributed by atoms with Crippen molar-refractivity contribution in [1.82, 2.24) is 9.80 Å². The summed E-state index contributed by atoms with van der Waals surface area (Å²) in [5, 5.41) is 9.54. The summed E-state index contributed by atoms with van der Waals surface area (Å²) in [5.74, 6) is -1.05. The normalized spacial score (nSPS) is 25.4. The van der Waals surface area contributed by atoms with Crippen molar-refractivity contribution in [2.45, 2.75) is 50.1 Å². The second kappa shape index (κ2) is 6.89. The minimum absolute atomic E-state index is 0.0131. The van der Waals surface area contributed by atoms with Crippen molar-refractivity contribution in [1.29, 1.82) is 0 Å². The summed E-state index contributed by atoms with van der Waals surface area (Å²) in [6.45, 7) is 1.77. The molecule has 1 atom stereocenters. The first-order valence-electron chi connectivity index (χ1n) is 9.20. The number of rotatable bonds is 4. The predicted molar refractivity (Wildman–Crippen MR) is 92.4 cm³/mol. The van der Waals surface area contributed by atoms with E-state index in [4.69, 9.17) is 9.47 Å². The van der Waals surface area contributed by atoms with Crippen molar-refractivity contribution in [2.75, 3.05) is 19.7 Å². The topological polar surface area (TPSA) is 79.3 Å². The maximum absolute atomic E-state index is 12.8. The van der Waals surface area contributed by atoms with E-state index in [-0.39, 0.29) is 13.2 Å². The molecule has 0 bridgehead atoms. The summed E-state index contributed by atoms with van der Waals surface area (Å²) in [5.41, 5.74) is 0.00724. The van der Waals surface area contributed by atoms with Gasteiger partial charge in [0.2, 0.25) is 0 Å². The van der Waals surface area contributed by atoms with Crippen LogP contribution in [0.5, 0.6) is 0 Å². The predicted octanol–water partition coefficient (Wildman–Crippen LogP) is 2.06. The average molecular weight is 360 g/mol. The van der Waals surface area contributed by atoms with Crippen LogP contribution in [0.2, 0.25) is 0 Å². The minimum atomic E-state index is -1.05. The maximum Gasteiger partial charge on any atom is 0.413 e. The molecule has 3 fully saturated rings. The molecule has 2 aliphatic heterocycles. The largest absolute Gasteiger partial charge is 0.480 e. The summed E-state index contributed by atoms with van der Waals surface area (Å²) in [6, 6.07) is 9.03. The van der Waals surface area contributed by atoms with Gasteiger partial charge in [0.15, 0.2) is 6.04 Å². The molecule has 7 nitrogen and oxygen atoms in total. The van der Waals surface area contributed by atoms with Crippen LogP contribution in [-0.4, -0.2) is 64.5 Å². The summed E-state index contributed by atoms with van der Waals surface area (Å²) < 4.78 is 11.3. The molecule has 2 saturated heterocycles. The van der Waals surface area contributed by atoms with Gasteiger partial charge in [0.25, 0.3) is 0 Å². The van der Waals surface area contributed by atoms with Gasteiger partial charge in [-0.25, -0.2) is 9.59 Å². The number of carboxylic acids is 1. The SMILES string of the molecule is O=C(O)C1COC2(CCN(C3CC3)CC2)N1C(=O)OCc1ccccc1. The van der Waals surface area contributed by atoms with Gasteiger partial charge in [-0.2, -0.15) is 0 Å². The number of carbonyl (C=O) groups is 2. The molecule has 1 aliphatic carbocycles. The van der Waals surface area contributed by atoms with E-state index in [1.165, 1.54) is 17.7 Å². The Morgan fingerprint density at radius 1 is 1.19 bits per heavy atom. The highest BCUT2D eigenvalue weighted by atomic mass is 16.6. The van der Waals surface area contributed by atoms with Gasteiger partial charge < -0.3 is 19.5 Å². The zero-order valence-corrected chi connectivity index (χ0v) is 14.7. The Balaban J connectivity index is 1.47. The lowest BCUT2D eigenvalue weighted by atomic mass is 9.98. The zero-order valence-electron chi connectivity index (χ0n) is 14.7. The number of benzene rings is 1. The van der Waals surface area contributed by atoms with Crippen LogP contribution in [0.25, 0.3) is 0 Å². The number of amides is 1. The molecule has 3 aliphatic rings. The first-order valence-corrected chi connectivity index (χ1v) is 9.20. The molecule has 4 rings (SSSR count). The standard InChI is InChI=1S/C19H24N2O5/c22-17(23)16-13-26-19(8-10-20(11-9-19)15-6-7-15)21(16)18(24)25-12-14-4-2-1-3-5-14/h1-5,15-16H,6-13H2,(H,22,23). The van der Waals surface area contributed by atoms with Gasteiger partial charge in [-0.15, -0.1) is 0 Å². The Morgan fingerprint density at radius 3 is 2.50 bits per heavy atom. The van der Waals surface area contributed by atoms with Crippen molar-refractivity contribution >= 4 is 12.1 Å². The van der Waals surface area contributed by atoms with Crippen molar-refractivity contribution in [3.05, 3.63) is 35.9 Å². The molecule has 1 amide bonds. The van der Waals surface area contributed by atoms with E-state index in [0.29, 0.717) is 18.9 Å². The Kier molecular flexibility index (Phi) is 4.58. The Hall–Kier alpha value is -2.12. The molecule has 1 unspecified atom stereocenters. The first-order chi connectivity index (χ1) is 12.6. The molecule has 1 saturated carbocycles. The van der Waals surface area contributed by atoms with Gasteiger partial charge in [0.05, 0.1) is 6.61 Å². The van der Waals surface area contributed by atoms with Crippen molar-refractivity contribution < 1.29 is 24.2 Å². The van der Waals surface area contributed by atoms with E-state index in [0.717, 1.165) is 18.7 Å². The van der Waals surface area contributed by atoms with E-state index < -0.39 is 23.8 Å². The van der Waals surface area contributed by atoms with Crippen molar-refractivity contribution in [3.8, 4) is 0 Å². The van der Waals surface area contributed by atoms with E-state index in [2.05, 4.69) is 4.90 Å². The summed E-state index contributed by atoms with van der Waals surface area (Å²) in [7, 11) is 0. The fourth-order valence-electron chi connectivity index (χ4n) is 3.99. The zero-order chi connectivity index (χ0) is 18.1. The second-order valence-corrected chi connectivity index (χ2v) is 7.29. The quantitative estimate of drug-likeness (QED) is 0.885. The molecule has 7 heteroatoms. The van der Waals surface area contributed by atoms with E-state index in [1.807, 2.05) is 30.3 Å². The van der Waals surface area contributed by atoms with Crippen LogP contribution in [0.4, 0.5) is 4.79 Å². The van der Waals surface area contributed by atoms with Gasteiger partial charge in [-0.1, -0.05) is 30.3 Å². The maximum atomic E-state index is 12.8. The Morgan fingerprint density at radius 2 is 1.88 bits per heavy atom. The van der Waals surface area contributed by atoms with Crippen LogP contribution in [0.1, 0.15) is 31.2 Å². The van der Waals surface area contributed by atoms with E-state index >= 15 is 0 Å². The Bertz CT molecular complexity index is 668. The van der Waals surface area contributed by atoms with Crippen LogP contribution in [0.3, 0.4) is 0 Å². The van der Waals surface area contributed by atoms with Gasteiger partial charge in [0.1, 0.15) is 12.3 Å². The third kappa shape index (κ3) is 3.29. The molecule has 1 aromatic rings. The number of piperidine rings is 1. The molecular formula is C19H24N2O5. The Labute approximate surface area is 152 Å². The number of ether oxygens (including phenoxy) is 2. The van der Waals surface area contributed by atoms with Crippen LogP contribution in [0.15, 0.2) is 30.3 Å². The molecular weight excluding hydrogens is 336 g/mol. The molecule has 140 valence electrons. The lowest BCUT2D eigenvalue weighted by molar-refractivity contribution is -0.145. The van der Waals surface area contributed by atoms with Gasteiger partial charge in [0, 0.05) is 32.0 Å². The first kappa shape index (κ1) is 17.3. The summed E-state index contributed by atoms with van der Waals surface area (Å²) in [4.78, 5) is 28.2. The van der Waals surface area contributed by atoms with Gasteiger partial charge in [-0.05, 0) is 18.4 Å². The van der Waals surface area contributed by atoms with Crippen LogP contribution < -0.4 is 0 Å². The minimum Gasteiger partial charge on any atom is -0.480 e. The lowest BCUT2D eigenvalue weighted by Crippen LogP contribution is -2.58. The number of aliphatic carboxylic acids is 1. The number of hydrogen-bond donors (Lipinski definition) is 1. The van der Waals surface area contributed by atoms with Crippen molar-refractivity contribution in [2.24, 2.45) is 0 Å². The fourth-order valence-corrected chi connectivity index (χ4v) is 3.99. The third-order valence-electron chi connectivity index (χ3n) is 5.59.